The van der Waals surface area contributed by atoms with Gasteiger partial charge in [-0.2, -0.15) is 0 Å². The van der Waals surface area contributed by atoms with Gasteiger partial charge in [-0.05, 0) is 50.3 Å². The van der Waals surface area contributed by atoms with E-state index in [-0.39, 0.29) is 22.9 Å². The molecular formula is C16H21BrO4S. The van der Waals surface area contributed by atoms with E-state index >= 15 is 0 Å². The minimum absolute atomic E-state index is 0.0645. The van der Waals surface area contributed by atoms with Crippen LogP contribution in [-0.2, 0) is 25.1 Å². The van der Waals surface area contributed by atoms with E-state index in [9.17, 15) is 13.2 Å². The smallest absolute Gasteiger partial charge is 0.308 e. The highest BCUT2D eigenvalue weighted by Crippen LogP contribution is 2.31. The Labute approximate surface area is 140 Å². The lowest BCUT2D eigenvalue weighted by Gasteiger charge is -2.27. The van der Waals surface area contributed by atoms with E-state index in [0.717, 1.165) is 10.0 Å². The van der Waals surface area contributed by atoms with E-state index in [0.29, 0.717) is 32.3 Å². The van der Waals surface area contributed by atoms with Crippen LogP contribution in [0.5, 0.6) is 0 Å². The Morgan fingerprint density at radius 1 is 1.18 bits per heavy atom. The predicted molar refractivity (Wildman–Crippen MR) is 89.1 cm³/mol. The van der Waals surface area contributed by atoms with Crippen LogP contribution >= 0.6 is 15.9 Å². The molecule has 0 unspecified atom stereocenters. The van der Waals surface area contributed by atoms with Gasteiger partial charge in [-0.1, -0.05) is 28.1 Å². The van der Waals surface area contributed by atoms with E-state index in [4.69, 9.17) is 4.74 Å². The fourth-order valence-corrected chi connectivity index (χ4v) is 5.00. The Kier molecular flexibility index (Phi) is 6.03. The third kappa shape index (κ3) is 4.56. The molecule has 0 heterocycles. The van der Waals surface area contributed by atoms with Crippen molar-refractivity contribution in [1.29, 1.82) is 0 Å². The largest absolute Gasteiger partial charge is 0.466 e. The van der Waals surface area contributed by atoms with Crippen LogP contribution in [0.25, 0.3) is 0 Å². The van der Waals surface area contributed by atoms with Crippen LogP contribution in [0.4, 0.5) is 0 Å². The number of carbonyl (C=O) groups excluding carboxylic acids is 1. The minimum Gasteiger partial charge on any atom is -0.466 e. The van der Waals surface area contributed by atoms with Crippen molar-refractivity contribution in [2.45, 2.75) is 43.6 Å². The van der Waals surface area contributed by atoms with Crippen molar-refractivity contribution in [2.75, 3.05) is 6.61 Å². The Bertz CT molecular complexity index is 602. The average Bonchev–Trinajstić information content (AvgIpc) is 2.50. The third-order valence-corrected chi connectivity index (χ3v) is 6.83. The second-order valence-corrected chi connectivity index (χ2v) is 8.86. The summed E-state index contributed by atoms with van der Waals surface area (Å²) in [4.78, 5) is 11.7. The predicted octanol–water partition coefficient (Wildman–Crippen LogP) is 3.49. The lowest BCUT2D eigenvalue weighted by Crippen LogP contribution is -2.31. The van der Waals surface area contributed by atoms with Gasteiger partial charge in [0.2, 0.25) is 0 Å². The molecule has 1 saturated carbocycles. The maximum absolute atomic E-state index is 12.5. The highest BCUT2D eigenvalue weighted by atomic mass is 79.9. The molecular weight excluding hydrogens is 368 g/mol. The maximum atomic E-state index is 12.5. The van der Waals surface area contributed by atoms with Gasteiger partial charge in [0.25, 0.3) is 0 Å². The lowest BCUT2D eigenvalue weighted by molar-refractivity contribution is -0.149. The third-order valence-electron chi connectivity index (χ3n) is 4.08. The summed E-state index contributed by atoms with van der Waals surface area (Å²) >= 11 is 3.34. The number of rotatable bonds is 5. The molecule has 6 heteroatoms. The van der Waals surface area contributed by atoms with Crippen LogP contribution in [0.2, 0.25) is 0 Å². The zero-order valence-electron chi connectivity index (χ0n) is 12.6. The Balaban J connectivity index is 1.94. The molecule has 0 radical (unpaired) electrons. The molecule has 22 heavy (non-hydrogen) atoms. The van der Waals surface area contributed by atoms with E-state index in [1.165, 1.54) is 0 Å². The first-order valence-corrected chi connectivity index (χ1v) is 10.1. The van der Waals surface area contributed by atoms with Crippen LogP contribution in [0.15, 0.2) is 28.7 Å². The first kappa shape index (κ1) is 17.5. The van der Waals surface area contributed by atoms with Gasteiger partial charge in [-0.3, -0.25) is 4.79 Å². The summed E-state index contributed by atoms with van der Waals surface area (Å²) in [5.41, 5.74) is 0.802. The summed E-state index contributed by atoms with van der Waals surface area (Å²) in [6, 6.07) is 7.35. The maximum Gasteiger partial charge on any atom is 0.308 e. The van der Waals surface area contributed by atoms with Crippen LogP contribution in [-0.4, -0.2) is 26.2 Å². The summed E-state index contributed by atoms with van der Waals surface area (Å²) in [7, 11) is -3.18. The molecule has 0 spiro atoms. The molecule has 0 atom stereocenters. The Morgan fingerprint density at radius 3 is 2.32 bits per heavy atom. The van der Waals surface area contributed by atoms with Gasteiger partial charge in [0.05, 0.1) is 23.5 Å². The van der Waals surface area contributed by atoms with Crippen molar-refractivity contribution in [1.82, 2.24) is 0 Å². The summed E-state index contributed by atoms with van der Waals surface area (Å²) in [5, 5.41) is -0.346. The summed E-state index contributed by atoms with van der Waals surface area (Å²) in [5.74, 6) is -0.264. The van der Waals surface area contributed by atoms with Crippen molar-refractivity contribution >= 4 is 31.7 Å². The average molecular weight is 389 g/mol. The van der Waals surface area contributed by atoms with Crippen molar-refractivity contribution < 1.29 is 17.9 Å². The van der Waals surface area contributed by atoms with Gasteiger partial charge < -0.3 is 4.74 Å². The first-order chi connectivity index (χ1) is 10.4. The van der Waals surface area contributed by atoms with E-state index in [1.807, 2.05) is 24.3 Å². The first-order valence-electron chi connectivity index (χ1n) is 7.55. The summed E-state index contributed by atoms with van der Waals surface area (Å²) in [6.45, 7) is 2.16. The van der Waals surface area contributed by atoms with Gasteiger partial charge in [-0.25, -0.2) is 8.42 Å². The number of benzene rings is 1. The molecule has 1 aliphatic carbocycles. The SMILES string of the molecule is CCOC(=O)C1CCC(S(=O)(=O)Cc2ccc(Br)cc2)CC1. The van der Waals surface area contributed by atoms with Crippen molar-refractivity contribution in [3.8, 4) is 0 Å². The molecule has 1 aromatic carbocycles. The molecule has 0 aromatic heterocycles. The van der Waals surface area contributed by atoms with E-state index in [1.54, 1.807) is 6.92 Å². The number of halogens is 1. The van der Waals surface area contributed by atoms with Crippen LogP contribution in [0.3, 0.4) is 0 Å². The molecule has 0 aliphatic heterocycles. The minimum atomic E-state index is -3.18. The number of carbonyl (C=O) groups is 1. The number of sulfone groups is 1. The van der Waals surface area contributed by atoms with Crippen LogP contribution in [0.1, 0.15) is 38.2 Å². The summed E-state index contributed by atoms with van der Waals surface area (Å²) in [6.07, 6.45) is 2.29. The zero-order valence-corrected chi connectivity index (χ0v) is 15.0. The fourth-order valence-electron chi connectivity index (χ4n) is 2.85. The van der Waals surface area contributed by atoms with Gasteiger partial charge in [0.15, 0.2) is 9.84 Å². The molecule has 0 saturated heterocycles. The molecule has 0 N–H and O–H groups in total. The lowest BCUT2D eigenvalue weighted by atomic mass is 9.89. The second kappa shape index (κ2) is 7.59. The van der Waals surface area contributed by atoms with Crippen molar-refractivity contribution in [2.24, 2.45) is 5.92 Å². The van der Waals surface area contributed by atoms with Crippen LogP contribution in [0, 0.1) is 5.92 Å². The fraction of sp³-hybridized carbons (Fsp3) is 0.562. The zero-order chi connectivity index (χ0) is 16.2. The molecule has 0 bridgehead atoms. The van der Waals surface area contributed by atoms with E-state index < -0.39 is 9.84 Å². The second-order valence-electron chi connectivity index (χ2n) is 5.66. The number of hydrogen-bond donors (Lipinski definition) is 0. The van der Waals surface area contributed by atoms with Crippen molar-refractivity contribution in [3.05, 3.63) is 34.3 Å². The Morgan fingerprint density at radius 2 is 1.77 bits per heavy atom. The van der Waals surface area contributed by atoms with Crippen LogP contribution < -0.4 is 0 Å². The van der Waals surface area contributed by atoms with Crippen molar-refractivity contribution in [3.63, 3.8) is 0 Å². The molecule has 1 fully saturated rings. The number of esters is 1. The molecule has 4 nitrogen and oxygen atoms in total. The number of hydrogen-bond acceptors (Lipinski definition) is 4. The standard InChI is InChI=1S/C16H21BrO4S/c1-2-21-16(18)13-5-9-15(10-6-13)22(19,20)11-12-3-7-14(17)8-4-12/h3-4,7-8,13,15H,2,5-6,9-11H2,1H3. The molecule has 1 aromatic rings. The topological polar surface area (TPSA) is 60.4 Å². The monoisotopic (exact) mass is 388 g/mol. The molecule has 122 valence electrons. The number of ether oxygens (including phenoxy) is 1. The quantitative estimate of drug-likeness (QED) is 0.724. The molecule has 2 rings (SSSR count). The highest BCUT2D eigenvalue weighted by Gasteiger charge is 2.33. The Hall–Kier alpha value is -0.880. The molecule has 0 amide bonds. The van der Waals surface area contributed by atoms with E-state index in [2.05, 4.69) is 15.9 Å². The van der Waals surface area contributed by atoms with Gasteiger partial charge in [0, 0.05) is 4.47 Å². The van der Waals surface area contributed by atoms with Gasteiger partial charge >= 0.3 is 5.97 Å². The molecule has 1 aliphatic rings. The van der Waals surface area contributed by atoms with Gasteiger partial charge in [-0.15, -0.1) is 0 Å². The normalized spacial score (nSPS) is 22.3. The highest BCUT2D eigenvalue weighted by molar-refractivity contribution is 9.10. The summed E-state index contributed by atoms with van der Waals surface area (Å²) < 4.78 is 31.0. The van der Waals surface area contributed by atoms with Gasteiger partial charge in [0.1, 0.15) is 0 Å².